The maximum Gasteiger partial charge on any atom is 0.303 e. The third kappa shape index (κ3) is 3.82. The molecule has 0 saturated carbocycles. The second-order valence-electron chi connectivity index (χ2n) is 4.42. The van der Waals surface area contributed by atoms with Crippen LogP contribution in [0.25, 0.3) is 0 Å². The topological polar surface area (TPSA) is 38.8 Å². The first-order valence-electron chi connectivity index (χ1n) is 6.28. The van der Waals surface area contributed by atoms with E-state index in [2.05, 4.69) is 4.90 Å². The molecule has 1 aromatic carbocycles. The summed E-state index contributed by atoms with van der Waals surface area (Å²) in [5, 5.41) is 0. The summed E-state index contributed by atoms with van der Waals surface area (Å²) >= 11 is 0. The Morgan fingerprint density at radius 2 is 2.00 bits per heavy atom. The highest BCUT2D eigenvalue weighted by Gasteiger charge is 2.20. The first-order valence-corrected chi connectivity index (χ1v) is 6.28. The number of carbonyl (C=O) groups is 1. The molecule has 0 aromatic heterocycles. The molecule has 1 heterocycles. The highest BCUT2D eigenvalue weighted by atomic mass is 16.5. The summed E-state index contributed by atoms with van der Waals surface area (Å²) < 4.78 is 10.7. The molecule has 4 heteroatoms. The lowest BCUT2D eigenvalue weighted by atomic mass is 10.1. The van der Waals surface area contributed by atoms with Gasteiger partial charge in [-0.3, -0.25) is 9.69 Å². The van der Waals surface area contributed by atoms with E-state index in [1.807, 2.05) is 30.3 Å². The molecule has 1 aliphatic heterocycles. The number of hydrogen-bond donors (Lipinski definition) is 0. The molecule has 0 unspecified atom stereocenters. The SMILES string of the molecule is CC(=O)O[C@H](CN1CCOCC1)c1ccccc1. The third-order valence-corrected chi connectivity index (χ3v) is 3.01. The maximum absolute atomic E-state index is 11.2. The number of carbonyl (C=O) groups excluding carboxylic acids is 1. The molecule has 0 spiro atoms. The Balaban J connectivity index is 2.02. The van der Waals surface area contributed by atoms with Crippen molar-refractivity contribution in [2.75, 3.05) is 32.8 Å². The van der Waals surface area contributed by atoms with Gasteiger partial charge in [-0.15, -0.1) is 0 Å². The van der Waals surface area contributed by atoms with Crippen LogP contribution in [-0.2, 0) is 14.3 Å². The van der Waals surface area contributed by atoms with Crippen molar-refractivity contribution >= 4 is 5.97 Å². The number of esters is 1. The van der Waals surface area contributed by atoms with Crippen molar-refractivity contribution in [3.8, 4) is 0 Å². The summed E-state index contributed by atoms with van der Waals surface area (Å²) in [7, 11) is 0. The Hall–Kier alpha value is -1.39. The molecule has 0 aliphatic carbocycles. The molecular weight excluding hydrogens is 230 g/mol. The predicted octanol–water partition coefficient (Wildman–Crippen LogP) is 1.62. The Labute approximate surface area is 107 Å². The predicted molar refractivity (Wildman–Crippen MR) is 68.2 cm³/mol. The number of ether oxygens (including phenoxy) is 2. The van der Waals surface area contributed by atoms with E-state index in [1.54, 1.807) is 0 Å². The third-order valence-electron chi connectivity index (χ3n) is 3.01. The molecule has 0 radical (unpaired) electrons. The smallest absolute Gasteiger partial charge is 0.303 e. The van der Waals surface area contributed by atoms with Crippen LogP contribution in [0, 0.1) is 0 Å². The molecule has 1 aromatic rings. The summed E-state index contributed by atoms with van der Waals surface area (Å²) in [5.41, 5.74) is 1.04. The van der Waals surface area contributed by atoms with Gasteiger partial charge in [0.05, 0.1) is 13.2 Å². The Morgan fingerprint density at radius 3 is 2.61 bits per heavy atom. The quantitative estimate of drug-likeness (QED) is 0.760. The van der Waals surface area contributed by atoms with Crippen molar-refractivity contribution in [2.24, 2.45) is 0 Å². The zero-order valence-electron chi connectivity index (χ0n) is 10.7. The maximum atomic E-state index is 11.2. The van der Waals surface area contributed by atoms with Crippen LogP contribution in [0.3, 0.4) is 0 Å². The fraction of sp³-hybridized carbons (Fsp3) is 0.500. The highest BCUT2D eigenvalue weighted by molar-refractivity contribution is 5.66. The van der Waals surface area contributed by atoms with Gasteiger partial charge < -0.3 is 9.47 Å². The van der Waals surface area contributed by atoms with Gasteiger partial charge in [-0.1, -0.05) is 30.3 Å². The van der Waals surface area contributed by atoms with Crippen LogP contribution in [0.15, 0.2) is 30.3 Å². The number of nitrogens with zero attached hydrogens (tertiary/aromatic N) is 1. The van der Waals surface area contributed by atoms with Crippen LogP contribution in [0.2, 0.25) is 0 Å². The van der Waals surface area contributed by atoms with E-state index in [9.17, 15) is 4.79 Å². The number of hydrogen-bond acceptors (Lipinski definition) is 4. The second-order valence-corrected chi connectivity index (χ2v) is 4.42. The molecule has 0 amide bonds. The zero-order chi connectivity index (χ0) is 12.8. The van der Waals surface area contributed by atoms with Crippen molar-refractivity contribution in [1.29, 1.82) is 0 Å². The minimum absolute atomic E-state index is 0.193. The molecule has 1 atom stereocenters. The number of benzene rings is 1. The largest absolute Gasteiger partial charge is 0.456 e. The van der Waals surface area contributed by atoms with Gasteiger partial charge in [-0.25, -0.2) is 0 Å². The molecule has 18 heavy (non-hydrogen) atoms. The fourth-order valence-electron chi connectivity index (χ4n) is 2.10. The van der Waals surface area contributed by atoms with Gasteiger partial charge in [0, 0.05) is 26.6 Å². The standard InChI is InChI=1S/C14H19NO3/c1-12(16)18-14(13-5-3-2-4-6-13)11-15-7-9-17-10-8-15/h2-6,14H,7-11H2,1H3/t14-/m1/s1. The first kappa shape index (κ1) is 13.1. The highest BCUT2D eigenvalue weighted by Crippen LogP contribution is 2.19. The van der Waals surface area contributed by atoms with Crippen LogP contribution in [0.1, 0.15) is 18.6 Å². The van der Waals surface area contributed by atoms with Crippen LogP contribution in [0.5, 0.6) is 0 Å². The Morgan fingerprint density at radius 1 is 1.33 bits per heavy atom. The Kier molecular flexibility index (Phi) is 4.73. The van der Waals surface area contributed by atoms with Crippen molar-refractivity contribution in [2.45, 2.75) is 13.0 Å². The first-order chi connectivity index (χ1) is 8.75. The van der Waals surface area contributed by atoms with E-state index in [4.69, 9.17) is 9.47 Å². The minimum Gasteiger partial charge on any atom is -0.456 e. The van der Waals surface area contributed by atoms with E-state index in [1.165, 1.54) is 6.92 Å². The molecule has 0 N–H and O–H groups in total. The molecule has 4 nitrogen and oxygen atoms in total. The minimum atomic E-state index is -0.239. The van der Waals surface area contributed by atoms with E-state index >= 15 is 0 Å². The van der Waals surface area contributed by atoms with E-state index in [0.29, 0.717) is 0 Å². The fourth-order valence-corrected chi connectivity index (χ4v) is 2.10. The van der Waals surface area contributed by atoms with Gasteiger partial charge in [-0.05, 0) is 5.56 Å². The summed E-state index contributed by atoms with van der Waals surface area (Å²) in [6.45, 7) is 5.47. The molecule has 1 saturated heterocycles. The average Bonchev–Trinajstić information content (AvgIpc) is 2.40. The van der Waals surface area contributed by atoms with Crippen LogP contribution in [0.4, 0.5) is 0 Å². The Bertz CT molecular complexity index is 374. The molecule has 2 rings (SSSR count). The van der Waals surface area contributed by atoms with Crippen molar-refractivity contribution in [3.05, 3.63) is 35.9 Å². The van der Waals surface area contributed by atoms with Crippen molar-refractivity contribution in [1.82, 2.24) is 4.90 Å². The molecule has 1 fully saturated rings. The molecule has 98 valence electrons. The van der Waals surface area contributed by atoms with Crippen LogP contribution < -0.4 is 0 Å². The van der Waals surface area contributed by atoms with Gasteiger partial charge in [-0.2, -0.15) is 0 Å². The molecule has 1 aliphatic rings. The lowest BCUT2D eigenvalue weighted by Gasteiger charge is -2.30. The summed E-state index contributed by atoms with van der Waals surface area (Å²) in [4.78, 5) is 13.5. The lowest BCUT2D eigenvalue weighted by molar-refractivity contribution is -0.148. The monoisotopic (exact) mass is 249 g/mol. The number of rotatable bonds is 4. The summed E-state index contributed by atoms with van der Waals surface area (Å²) in [5.74, 6) is -0.239. The van der Waals surface area contributed by atoms with Gasteiger partial charge in [0.15, 0.2) is 0 Å². The van der Waals surface area contributed by atoms with Gasteiger partial charge in [0.2, 0.25) is 0 Å². The van der Waals surface area contributed by atoms with Gasteiger partial charge in [0.25, 0.3) is 0 Å². The van der Waals surface area contributed by atoms with Gasteiger partial charge >= 0.3 is 5.97 Å². The number of morpholine rings is 1. The van der Waals surface area contributed by atoms with Crippen molar-refractivity contribution in [3.63, 3.8) is 0 Å². The van der Waals surface area contributed by atoms with E-state index in [-0.39, 0.29) is 12.1 Å². The summed E-state index contributed by atoms with van der Waals surface area (Å²) in [6, 6.07) is 9.88. The second kappa shape index (κ2) is 6.52. The average molecular weight is 249 g/mol. The van der Waals surface area contributed by atoms with Gasteiger partial charge in [0.1, 0.15) is 6.10 Å². The molecular formula is C14H19NO3. The zero-order valence-corrected chi connectivity index (χ0v) is 10.7. The molecule has 0 bridgehead atoms. The summed E-state index contributed by atoms with van der Waals surface area (Å²) in [6.07, 6.45) is -0.193. The van der Waals surface area contributed by atoms with Crippen molar-refractivity contribution < 1.29 is 14.3 Å². The van der Waals surface area contributed by atoms with Crippen LogP contribution >= 0.6 is 0 Å². The van der Waals surface area contributed by atoms with E-state index < -0.39 is 0 Å². The van der Waals surface area contributed by atoms with E-state index in [0.717, 1.165) is 38.4 Å². The lowest BCUT2D eigenvalue weighted by Crippen LogP contribution is -2.39. The van der Waals surface area contributed by atoms with Crippen LogP contribution in [-0.4, -0.2) is 43.7 Å². The normalized spacial score (nSPS) is 18.3.